The second-order valence-corrected chi connectivity index (χ2v) is 10.5. The van der Waals surface area contributed by atoms with Crippen molar-refractivity contribution < 1.29 is 13.2 Å². The minimum Gasteiger partial charge on any atom is -0.370 e. The van der Waals surface area contributed by atoms with Crippen LogP contribution in [0.1, 0.15) is 29.7 Å². The van der Waals surface area contributed by atoms with Crippen LogP contribution in [-0.4, -0.2) is 42.5 Å². The van der Waals surface area contributed by atoms with Crippen LogP contribution in [0, 0.1) is 6.92 Å². The molecule has 3 heterocycles. The van der Waals surface area contributed by atoms with Gasteiger partial charge in [0.2, 0.25) is 15.0 Å². The summed E-state index contributed by atoms with van der Waals surface area (Å²) in [5.41, 5.74) is 2.88. The number of hydrogen-bond acceptors (Lipinski definition) is 7. The van der Waals surface area contributed by atoms with Gasteiger partial charge < -0.3 is 15.2 Å². The summed E-state index contributed by atoms with van der Waals surface area (Å²) in [6, 6.07) is 5.53. The second-order valence-electron chi connectivity index (χ2n) is 7.43. The molecular formula is C20H24N6O3S2. The molecule has 0 spiro atoms. The van der Waals surface area contributed by atoms with E-state index in [2.05, 4.69) is 36.6 Å². The number of benzene rings is 1. The van der Waals surface area contributed by atoms with Gasteiger partial charge in [-0.15, -0.1) is 11.3 Å². The van der Waals surface area contributed by atoms with E-state index in [1.807, 2.05) is 19.1 Å². The molecule has 1 fully saturated rings. The standard InChI is InChI=1S/C20H24N6O3S2/c1-14-5-6-16(17(11-14)26-9-3-2-4-10-26)24-18(27)25-19-23-12-15(30-19)13-31(28,29)20-21-7-8-22-20/h5-8,11-12H,2-4,9-10,13H2,1H3,(H,21,22)(H2,23,24,25,27). The van der Waals surface area contributed by atoms with Crippen molar-refractivity contribution in [2.45, 2.75) is 37.1 Å². The molecule has 1 aliphatic rings. The predicted octanol–water partition coefficient (Wildman–Crippen LogP) is 3.78. The Morgan fingerprint density at radius 3 is 2.74 bits per heavy atom. The van der Waals surface area contributed by atoms with E-state index >= 15 is 0 Å². The van der Waals surface area contributed by atoms with Crippen LogP contribution in [0.2, 0.25) is 0 Å². The number of carbonyl (C=O) groups is 1. The van der Waals surface area contributed by atoms with E-state index in [1.54, 1.807) is 0 Å². The molecule has 2 amide bonds. The highest BCUT2D eigenvalue weighted by atomic mass is 32.2. The number of H-pyrrole nitrogens is 1. The van der Waals surface area contributed by atoms with Crippen molar-refractivity contribution in [1.29, 1.82) is 0 Å². The molecule has 0 atom stereocenters. The Morgan fingerprint density at radius 2 is 2.00 bits per heavy atom. The maximum atomic E-state index is 12.6. The monoisotopic (exact) mass is 460 g/mol. The van der Waals surface area contributed by atoms with Crippen molar-refractivity contribution in [1.82, 2.24) is 15.0 Å². The van der Waals surface area contributed by atoms with Gasteiger partial charge in [-0.3, -0.25) is 5.32 Å². The number of aromatic amines is 1. The smallest absolute Gasteiger partial charge is 0.325 e. The molecule has 3 N–H and O–H groups in total. The first-order valence-corrected chi connectivity index (χ1v) is 12.5. The second kappa shape index (κ2) is 9.06. The lowest BCUT2D eigenvalue weighted by Crippen LogP contribution is -2.31. The van der Waals surface area contributed by atoms with Crippen LogP contribution >= 0.6 is 11.3 Å². The number of imidazole rings is 1. The molecular weight excluding hydrogens is 436 g/mol. The zero-order chi connectivity index (χ0) is 21.8. The number of sulfone groups is 1. The number of rotatable bonds is 6. The number of nitrogens with one attached hydrogen (secondary N) is 3. The van der Waals surface area contributed by atoms with Crippen LogP contribution < -0.4 is 15.5 Å². The van der Waals surface area contributed by atoms with E-state index in [1.165, 1.54) is 25.0 Å². The Hall–Kier alpha value is -2.92. The fourth-order valence-electron chi connectivity index (χ4n) is 3.50. The fourth-order valence-corrected chi connectivity index (χ4v) is 5.86. The summed E-state index contributed by atoms with van der Waals surface area (Å²) in [5, 5.41) is 5.84. The first-order chi connectivity index (χ1) is 14.9. The normalized spacial score (nSPS) is 14.4. The van der Waals surface area contributed by atoms with Crippen molar-refractivity contribution in [2.75, 3.05) is 28.6 Å². The van der Waals surface area contributed by atoms with Gasteiger partial charge in [-0.2, -0.15) is 0 Å². The molecule has 0 bridgehead atoms. The van der Waals surface area contributed by atoms with E-state index in [0.29, 0.717) is 10.0 Å². The van der Waals surface area contributed by atoms with Crippen molar-refractivity contribution in [3.8, 4) is 0 Å². The van der Waals surface area contributed by atoms with Crippen LogP contribution in [-0.2, 0) is 15.6 Å². The molecule has 31 heavy (non-hydrogen) atoms. The molecule has 1 saturated heterocycles. The highest BCUT2D eigenvalue weighted by molar-refractivity contribution is 7.90. The van der Waals surface area contributed by atoms with Gasteiger partial charge in [0.15, 0.2) is 5.13 Å². The molecule has 11 heteroatoms. The average Bonchev–Trinajstić information content (AvgIpc) is 3.42. The molecule has 4 rings (SSSR count). The molecule has 0 saturated carbocycles. The highest BCUT2D eigenvalue weighted by Gasteiger charge is 2.20. The van der Waals surface area contributed by atoms with Crippen molar-refractivity contribution >= 4 is 43.7 Å². The number of piperidine rings is 1. The number of aromatic nitrogens is 3. The van der Waals surface area contributed by atoms with Crippen LogP contribution in [0.15, 0.2) is 41.9 Å². The number of nitrogens with zero attached hydrogens (tertiary/aromatic N) is 3. The van der Waals surface area contributed by atoms with Crippen molar-refractivity contribution in [3.63, 3.8) is 0 Å². The quantitative estimate of drug-likeness (QED) is 0.515. The largest absolute Gasteiger partial charge is 0.370 e. The third-order valence-electron chi connectivity index (χ3n) is 4.97. The number of urea groups is 1. The molecule has 1 aliphatic heterocycles. The average molecular weight is 461 g/mol. The Bertz CT molecular complexity index is 1150. The summed E-state index contributed by atoms with van der Waals surface area (Å²) in [4.78, 5) is 25.9. The summed E-state index contributed by atoms with van der Waals surface area (Å²) in [7, 11) is -3.59. The summed E-state index contributed by atoms with van der Waals surface area (Å²) in [5.74, 6) is -0.238. The van der Waals surface area contributed by atoms with Gasteiger partial charge >= 0.3 is 6.03 Å². The van der Waals surface area contributed by atoms with E-state index in [4.69, 9.17) is 0 Å². The van der Waals surface area contributed by atoms with Gasteiger partial charge in [-0.05, 0) is 43.9 Å². The third kappa shape index (κ3) is 5.23. The van der Waals surface area contributed by atoms with Gasteiger partial charge in [-0.25, -0.2) is 23.2 Å². The third-order valence-corrected chi connectivity index (χ3v) is 7.57. The topological polar surface area (TPSA) is 120 Å². The molecule has 9 nitrogen and oxygen atoms in total. The highest BCUT2D eigenvalue weighted by Crippen LogP contribution is 2.30. The first-order valence-electron chi connectivity index (χ1n) is 10.0. The minimum atomic E-state index is -3.59. The van der Waals surface area contributed by atoms with Gasteiger partial charge in [0.1, 0.15) is 0 Å². The summed E-state index contributed by atoms with van der Waals surface area (Å²) < 4.78 is 24.7. The van der Waals surface area contributed by atoms with Gasteiger partial charge in [-0.1, -0.05) is 6.07 Å². The molecule has 1 aromatic carbocycles. The summed E-state index contributed by atoms with van der Waals surface area (Å²) >= 11 is 1.12. The van der Waals surface area contributed by atoms with Crippen molar-refractivity contribution in [2.24, 2.45) is 0 Å². The van der Waals surface area contributed by atoms with Crippen LogP contribution in [0.25, 0.3) is 0 Å². The van der Waals surface area contributed by atoms with Gasteiger partial charge in [0, 0.05) is 36.6 Å². The lowest BCUT2D eigenvalue weighted by atomic mass is 10.1. The van der Waals surface area contributed by atoms with E-state index in [0.717, 1.165) is 54.2 Å². The van der Waals surface area contributed by atoms with Gasteiger partial charge in [0.05, 0.1) is 17.1 Å². The van der Waals surface area contributed by atoms with Crippen molar-refractivity contribution in [3.05, 3.63) is 47.2 Å². The van der Waals surface area contributed by atoms with E-state index in [-0.39, 0.29) is 10.9 Å². The van der Waals surface area contributed by atoms with Crippen LogP contribution in [0.5, 0.6) is 0 Å². The summed E-state index contributed by atoms with van der Waals surface area (Å²) in [6.07, 6.45) is 7.81. The molecule has 0 radical (unpaired) electrons. The number of anilines is 3. The molecule has 2 aromatic heterocycles. The fraction of sp³-hybridized carbons (Fsp3) is 0.350. The zero-order valence-electron chi connectivity index (χ0n) is 17.1. The lowest BCUT2D eigenvalue weighted by molar-refractivity contribution is 0.262. The van der Waals surface area contributed by atoms with E-state index in [9.17, 15) is 13.2 Å². The first kappa shape index (κ1) is 21.3. The lowest BCUT2D eigenvalue weighted by Gasteiger charge is -2.30. The van der Waals surface area contributed by atoms with Gasteiger partial charge in [0.25, 0.3) is 0 Å². The maximum Gasteiger partial charge on any atom is 0.325 e. The molecule has 0 aliphatic carbocycles. The summed E-state index contributed by atoms with van der Waals surface area (Å²) in [6.45, 7) is 3.98. The maximum absolute atomic E-state index is 12.6. The molecule has 3 aromatic rings. The van der Waals surface area contributed by atoms with E-state index < -0.39 is 15.9 Å². The Balaban J connectivity index is 1.42. The molecule has 0 unspecified atom stereocenters. The number of amides is 2. The Kier molecular flexibility index (Phi) is 6.23. The number of hydrogen-bond donors (Lipinski definition) is 3. The Morgan fingerprint density at radius 1 is 1.19 bits per heavy atom. The zero-order valence-corrected chi connectivity index (χ0v) is 18.7. The SMILES string of the molecule is Cc1ccc(NC(=O)Nc2ncc(CS(=O)(=O)c3ncc[nH]3)s2)c(N2CCCCC2)c1. The number of thiazole rings is 1. The van der Waals surface area contributed by atoms with Crippen LogP contribution in [0.3, 0.4) is 0 Å². The number of carbonyl (C=O) groups excluding carboxylic acids is 1. The number of aryl methyl sites for hydroxylation is 1. The Labute approximate surface area is 184 Å². The minimum absolute atomic E-state index is 0.0854. The van der Waals surface area contributed by atoms with Crippen LogP contribution in [0.4, 0.5) is 21.3 Å². The predicted molar refractivity (Wildman–Crippen MR) is 121 cm³/mol. The molecule has 164 valence electrons.